The van der Waals surface area contributed by atoms with Gasteiger partial charge >= 0.3 is 5.97 Å². The maximum Gasteiger partial charge on any atom is 0.343 e. The maximum absolute atomic E-state index is 12.9. The van der Waals surface area contributed by atoms with E-state index in [0.717, 1.165) is 8.47 Å². The molecule has 0 aromatic heterocycles. The number of nitrogens with one attached hydrogen (secondary N) is 1. The summed E-state index contributed by atoms with van der Waals surface area (Å²) in [5, 5.41) is 2.67. The van der Waals surface area contributed by atoms with E-state index in [1.54, 1.807) is 60.7 Å². The minimum Gasteiger partial charge on any atom is -0.493 e. The predicted molar refractivity (Wildman–Crippen MR) is 133 cm³/mol. The SMILES string of the molecule is COc1ccccc1OC(=O)c1ccc(NC2=C(Cl)C(=O)N(c3ccc(I)cc3)C2=O)cc1. The molecule has 0 saturated heterocycles. The number of halogens is 2. The van der Waals surface area contributed by atoms with Gasteiger partial charge in [-0.25, -0.2) is 9.69 Å². The number of carbonyl (C=O) groups excluding carboxylic acids is 3. The van der Waals surface area contributed by atoms with Gasteiger partial charge in [0.2, 0.25) is 0 Å². The van der Waals surface area contributed by atoms with Crippen LogP contribution in [0.25, 0.3) is 0 Å². The van der Waals surface area contributed by atoms with Gasteiger partial charge in [0.1, 0.15) is 10.7 Å². The molecule has 2 amide bonds. The van der Waals surface area contributed by atoms with Crippen LogP contribution in [0.2, 0.25) is 0 Å². The third-order valence-corrected chi connectivity index (χ3v) is 5.84. The van der Waals surface area contributed by atoms with Crippen molar-refractivity contribution < 1.29 is 23.9 Å². The van der Waals surface area contributed by atoms with Crippen LogP contribution in [-0.4, -0.2) is 24.9 Å². The van der Waals surface area contributed by atoms with Gasteiger partial charge < -0.3 is 14.8 Å². The molecular formula is C24H16ClIN2O5. The summed E-state index contributed by atoms with van der Waals surface area (Å²) in [6, 6.07) is 20.0. The number of hydrogen-bond donors (Lipinski definition) is 1. The van der Waals surface area contributed by atoms with Crippen LogP contribution in [-0.2, 0) is 9.59 Å². The van der Waals surface area contributed by atoms with Crippen LogP contribution >= 0.6 is 34.2 Å². The first-order valence-electron chi connectivity index (χ1n) is 9.65. The third kappa shape index (κ3) is 4.71. The average molecular weight is 575 g/mol. The lowest BCUT2D eigenvalue weighted by molar-refractivity contribution is -0.120. The summed E-state index contributed by atoms with van der Waals surface area (Å²) in [4.78, 5) is 38.9. The molecule has 0 bridgehead atoms. The van der Waals surface area contributed by atoms with E-state index in [9.17, 15) is 14.4 Å². The Kier molecular flexibility index (Phi) is 6.66. The molecule has 1 N–H and O–H groups in total. The van der Waals surface area contributed by atoms with Crippen LogP contribution in [0.15, 0.2) is 83.5 Å². The molecule has 0 spiro atoms. The number of anilines is 2. The minimum atomic E-state index is -0.609. The summed E-state index contributed by atoms with van der Waals surface area (Å²) >= 11 is 8.30. The summed E-state index contributed by atoms with van der Waals surface area (Å²) in [6.07, 6.45) is 0. The average Bonchev–Trinajstić information content (AvgIpc) is 3.03. The number of ether oxygens (including phenoxy) is 2. The van der Waals surface area contributed by atoms with Gasteiger partial charge in [-0.05, 0) is 83.3 Å². The molecule has 9 heteroatoms. The van der Waals surface area contributed by atoms with Crippen LogP contribution < -0.4 is 19.7 Å². The molecule has 1 aliphatic heterocycles. The number of nitrogens with zero attached hydrogens (tertiary/aromatic N) is 1. The summed E-state index contributed by atoms with van der Waals surface area (Å²) in [5.41, 5.74) is 1.16. The summed E-state index contributed by atoms with van der Waals surface area (Å²) in [5.74, 6) is -1.00. The Morgan fingerprint density at radius 2 is 1.55 bits per heavy atom. The Balaban J connectivity index is 1.48. The number of esters is 1. The van der Waals surface area contributed by atoms with E-state index in [1.165, 1.54) is 19.2 Å². The number of rotatable bonds is 6. The summed E-state index contributed by atoms with van der Waals surface area (Å²) in [7, 11) is 1.49. The van der Waals surface area contributed by atoms with E-state index < -0.39 is 17.8 Å². The number of carbonyl (C=O) groups is 3. The fraction of sp³-hybridized carbons (Fsp3) is 0.0417. The zero-order valence-corrected chi connectivity index (χ0v) is 20.1. The molecule has 0 fully saturated rings. The van der Waals surface area contributed by atoms with Crippen molar-refractivity contribution in [3.05, 3.63) is 92.7 Å². The highest BCUT2D eigenvalue weighted by atomic mass is 127. The second kappa shape index (κ2) is 9.63. The second-order valence-corrected chi connectivity index (χ2v) is 8.48. The fourth-order valence-corrected chi connectivity index (χ4v) is 3.70. The zero-order chi connectivity index (χ0) is 23.5. The number of hydrogen-bond acceptors (Lipinski definition) is 6. The lowest BCUT2D eigenvalue weighted by atomic mass is 10.2. The largest absolute Gasteiger partial charge is 0.493 e. The maximum atomic E-state index is 12.9. The fourth-order valence-electron chi connectivity index (χ4n) is 3.13. The Morgan fingerprint density at radius 1 is 0.909 bits per heavy atom. The molecule has 166 valence electrons. The monoisotopic (exact) mass is 574 g/mol. The van der Waals surface area contributed by atoms with Crippen molar-refractivity contribution in [2.24, 2.45) is 0 Å². The van der Waals surface area contributed by atoms with Crippen LogP contribution in [0.3, 0.4) is 0 Å². The number of amides is 2. The number of para-hydroxylation sites is 2. The Hall–Kier alpha value is -3.37. The van der Waals surface area contributed by atoms with E-state index in [1.807, 2.05) is 0 Å². The van der Waals surface area contributed by atoms with E-state index in [0.29, 0.717) is 28.4 Å². The van der Waals surface area contributed by atoms with Gasteiger partial charge in [-0.1, -0.05) is 23.7 Å². The number of imide groups is 1. The molecule has 0 unspecified atom stereocenters. The van der Waals surface area contributed by atoms with Crippen molar-refractivity contribution in [2.45, 2.75) is 0 Å². The van der Waals surface area contributed by atoms with E-state index >= 15 is 0 Å². The highest BCUT2D eigenvalue weighted by Crippen LogP contribution is 2.31. The predicted octanol–water partition coefficient (Wildman–Crippen LogP) is 4.95. The van der Waals surface area contributed by atoms with Gasteiger partial charge in [0.05, 0.1) is 18.4 Å². The van der Waals surface area contributed by atoms with Gasteiger partial charge in [0.25, 0.3) is 11.8 Å². The molecule has 7 nitrogen and oxygen atoms in total. The third-order valence-electron chi connectivity index (χ3n) is 4.77. The molecular weight excluding hydrogens is 559 g/mol. The van der Waals surface area contributed by atoms with E-state index in [4.69, 9.17) is 21.1 Å². The van der Waals surface area contributed by atoms with Crippen LogP contribution in [0, 0.1) is 3.57 Å². The van der Waals surface area contributed by atoms with Gasteiger partial charge in [-0.2, -0.15) is 0 Å². The lowest BCUT2D eigenvalue weighted by Crippen LogP contribution is -2.32. The number of methoxy groups -OCH3 is 1. The summed E-state index contributed by atoms with van der Waals surface area (Å²) in [6.45, 7) is 0. The normalized spacial score (nSPS) is 13.4. The molecule has 3 aromatic carbocycles. The van der Waals surface area contributed by atoms with Crippen molar-refractivity contribution in [2.75, 3.05) is 17.3 Å². The first kappa shape index (κ1) is 22.8. The molecule has 33 heavy (non-hydrogen) atoms. The highest BCUT2D eigenvalue weighted by Gasteiger charge is 2.38. The van der Waals surface area contributed by atoms with Crippen LogP contribution in [0.1, 0.15) is 10.4 Å². The molecule has 0 radical (unpaired) electrons. The lowest BCUT2D eigenvalue weighted by Gasteiger charge is -2.15. The summed E-state index contributed by atoms with van der Waals surface area (Å²) < 4.78 is 11.5. The molecule has 4 rings (SSSR count). The molecule has 1 heterocycles. The van der Waals surface area contributed by atoms with Crippen molar-refractivity contribution >= 4 is 63.4 Å². The van der Waals surface area contributed by atoms with Crippen molar-refractivity contribution in [3.8, 4) is 11.5 Å². The second-order valence-electron chi connectivity index (χ2n) is 6.85. The molecule has 3 aromatic rings. The molecule has 0 aliphatic carbocycles. The molecule has 1 aliphatic rings. The zero-order valence-electron chi connectivity index (χ0n) is 17.2. The number of benzene rings is 3. The first-order valence-corrected chi connectivity index (χ1v) is 11.1. The smallest absolute Gasteiger partial charge is 0.343 e. The highest BCUT2D eigenvalue weighted by molar-refractivity contribution is 14.1. The van der Waals surface area contributed by atoms with E-state index in [2.05, 4.69) is 27.9 Å². The Morgan fingerprint density at radius 3 is 2.18 bits per heavy atom. The van der Waals surface area contributed by atoms with E-state index in [-0.39, 0.29) is 10.7 Å². The van der Waals surface area contributed by atoms with Crippen molar-refractivity contribution in [3.63, 3.8) is 0 Å². The molecule has 0 saturated carbocycles. The van der Waals surface area contributed by atoms with Gasteiger partial charge in [0, 0.05) is 9.26 Å². The van der Waals surface area contributed by atoms with Gasteiger partial charge in [0.15, 0.2) is 11.5 Å². The van der Waals surface area contributed by atoms with Gasteiger partial charge in [-0.15, -0.1) is 0 Å². The Labute approximate surface area is 208 Å². The van der Waals surface area contributed by atoms with Gasteiger partial charge in [-0.3, -0.25) is 9.59 Å². The minimum absolute atomic E-state index is 0.0374. The van der Waals surface area contributed by atoms with Crippen molar-refractivity contribution in [1.82, 2.24) is 0 Å². The quantitative estimate of drug-likeness (QED) is 0.194. The topological polar surface area (TPSA) is 84.9 Å². The van der Waals surface area contributed by atoms with Crippen LogP contribution in [0.5, 0.6) is 11.5 Å². The van der Waals surface area contributed by atoms with Crippen molar-refractivity contribution in [1.29, 1.82) is 0 Å². The van der Waals surface area contributed by atoms with Crippen LogP contribution in [0.4, 0.5) is 11.4 Å². The molecule has 0 atom stereocenters. The first-order chi connectivity index (χ1) is 15.9. The standard InChI is InChI=1S/C24H16ClIN2O5/c1-32-18-4-2-3-5-19(18)33-24(31)14-6-10-16(11-7-14)27-21-20(25)22(29)28(23(21)30)17-12-8-15(26)9-13-17/h2-13,27H,1H3. The Bertz CT molecular complexity index is 1270.